The lowest BCUT2D eigenvalue weighted by Crippen LogP contribution is -2.46. The fourth-order valence-electron chi connectivity index (χ4n) is 3.01. The first-order valence-electron chi connectivity index (χ1n) is 8.74. The van der Waals surface area contributed by atoms with Gasteiger partial charge in [-0.1, -0.05) is 38.1 Å². The lowest BCUT2D eigenvalue weighted by Gasteiger charge is -2.27. The molecule has 1 N–H and O–H groups in total. The number of hydrogen-bond acceptors (Lipinski definition) is 3. The van der Waals surface area contributed by atoms with E-state index in [2.05, 4.69) is 48.4 Å². The highest BCUT2D eigenvalue weighted by Crippen LogP contribution is 2.24. The van der Waals surface area contributed by atoms with Gasteiger partial charge in [-0.2, -0.15) is 0 Å². The van der Waals surface area contributed by atoms with Crippen molar-refractivity contribution in [3.8, 4) is 11.1 Å². The second-order valence-corrected chi connectivity index (χ2v) is 6.44. The molecule has 1 unspecified atom stereocenters. The summed E-state index contributed by atoms with van der Waals surface area (Å²) in [6.07, 6.45) is 4.63. The topological polar surface area (TPSA) is 45.2 Å². The number of piperazine rings is 1. The highest BCUT2D eigenvalue weighted by atomic mass is 16.2. The zero-order valence-corrected chi connectivity index (χ0v) is 14.5. The number of hydrogen-bond donors (Lipinski definition) is 1. The Morgan fingerprint density at radius 2 is 1.88 bits per heavy atom. The summed E-state index contributed by atoms with van der Waals surface area (Å²) in [6, 6.07) is 10.5. The third-order valence-corrected chi connectivity index (χ3v) is 4.81. The molecule has 1 amide bonds. The van der Waals surface area contributed by atoms with Crippen LogP contribution >= 0.6 is 0 Å². The van der Waals surface area contributed by atoms with Crippen molar-refractivity contribution in [1.82, 2.24) is 15.2 Å². The summed E-state index contributed by atoms with van der Waals surface area (Å²) in [7, 11) is 0. The second kappa shape index (κ2) is 7.58. The fraction of sp³-hybridized carbons (Fsp3) is 0.400. The molecule has 1 fully saturated rings. The maximum Gasteiger partial charge on any atom is 0.255 e. The Morgan fingerprint density at radius 1 is 1.17 bits per heavy atom. The van der Waals surface area contributed by atoms with E-state index in [4.69, 9.17) is 0 Å². The molecule has 2 heterocycles. The van der Waals surface area contributed by atoms with E-state index in [1.165, 1.54) is 5.56 Å². The van der Waals surface area contributed by atoms with Crippen LogP contribution in [-0.4, -0.2) is 42.0 Å². The average Bonchev–Trinajstić information content (AvgIpc) is 2.67. The number of amides is 1. The monoisotopic (exact) mass is 323 g/mol. The van der Waals surface area contributed by atoms with E-state index < -0.39 is 0 Å². The molecule has 2 aromatic rings. The third kappa shape index (κ3) is 3.65. The van der Waals surface area contributed by atoms with Crippen LogP contribution in [0.5, 0.6) is 0 Å². The first kappa shape index (κ1) is 16.7. The Labute approximate surface area is 143 Å². The van der Waals surface area contributed by atoms with Gasteiger partial charge in [0.15, 0.2) is 0 Å². The summed E-state index contributed by atoms with van der Waals surface area (Å²) in [4.78, 5) is 18.8. The standard InChI is InChI=1S/C20H25N3O/c1-3-15(2)16-4-6-17(7-5-16)18-12-19(14-22-13-18)20(24)23-10-8-21-9-11-23/h4-7,12-15,21H,3,8-11H2,1-2H3. The normalized spacial score (nSPS) is 16.0. The Hall–Kier alpha value is -2.20. The molecule has 24 heavy (non-hydrogen) atoms. The number of rotatable bonds is 4. The lowest BCUT2D eigenvalue weighted by atomic mass is 9.96. The first-order chi connectivity index (χ1) is 11.7. The second-order valence-electron chi connectivity index (χ2n) is 6.44. The molecule has 0 bridgehead atoms. The quantitative estimate of drug-likeness (QED) is 0.939. The Bertz CT molecular complexity index is 690. The highest BCUT2D eigenvalue weighted by molar-refractivity contribution is 5.95. The van der Waals surface area contributed by atoms with Crippen LogP contribution in [0.15, 0.2) is 42.7 Å². The summed E-state index contributed by atoms with van der Waals surface area (Å²) in [5.74, 6) is 0.639. The summed E-state index contributed by atoms with van der Waals surface area (Å²) in [5, 5.41) is 3.27. The van der Waals surface area contributed by atoms with Crippen LogP contribution in [0.25, 0.3) is 11.1 Å². The van der Waals surface area contributed by atoms with E-state index in [0.717, 1.165) is 43.7 Å². The van der Waals surface area contributed by atoms with E-state index in [9.17, 15) is 4.79 Å². The summed E-state index contributed by atoms with van der Waals surface area (Å²) in [5.41, 5.74) is 4.11. The van der Waals surface area contributed by atoms with Crippen molar-refractivity contribution >= 4 is 5.91 Å². The smallest absolute Gasteiger partial charge is 0.255 e. The summed E-state index contributed by atoms with van der Waals surface area (Å²) >= 11 is 0. The summed E-state index contributed by atoms with van der Waals surface area (Å²) in [6.45, 7) is 7.67. The van der Waals surface area contributed by atoms with E-state index >= 15 is 0 Å². The minimum atomic E-state index is 0.0714. The number of carbonyl (C=O) groups excluding carboxylic acids is 1. The number of pyridine rings is 1. The predicted molar refractivity (Wildman–Crippen MR) is 97.2 cm³/mol. The van der Waals surface area contributed by atoms with E-state index in [-0.39, 0.29) is 5.91 Å². The van der Waals surface area contributed by atoms with Crippen molar-refractivity contribution in [3.63, 3.8) is 0 Å². The van der Waals surface area contributed by atoms with Crippen LogP contribution in [-0.2, 0) is 0 Å². The van der Waals surface area contributed by atoms with Crippen LogP contribution in [0, 0.1) is 0 Å². The maximum absolute atomic E-state index is 12.6. The molecule has 1 saturated heterocycles. The SMILES string of the molecule is CCC(C)c1ccc(-c2cncc(C(=O)N3CCNCC3)c2)cc1. The van der Waals surface area contributed by atoms with Crippen molar-refractivity contribution in [2.75, 3.05) is 26.2 Å². The molecule has 1 aliphatic rings. The van der Waals surface area contributed by atoms with Crippen LogP contribution in [0.2, 0.25) is 0 Å². The molecule has 3 rings (SSSR count). The largest absolute Gasteiger partial charge is 0.336 e. The number of nitrogens with one attached hydrogen (secondary N) is 1. The van der Waals surface area contributed by atoms with Crippen LogP contribution in [0.1, 0.15) is 42.1 Å². The Kier molecular flexibility index (Phi) is 5.26. The van der Waals surface area contributed by atoms with Crippen LogP contribution in [0.3, 0.4) is 0 Å². The van der Waals surface area contributed by atoms with Gasteiger partial charge in [0.1, 0.15) is 0 Å². The molecule has 4 heteroatoms. The van der Waals surface area contributed by atoms with Gasteiger partial charge in [-0.05, 0) is 29.5 Å². The van der Waals surface area contributed by atoms with Gasteiger partial charge < -0.3 is 10.2 Å². The fourth-order valence-corrected chi connectivity index (χ4v) is 3.01. The number of benzene rings is 1. The van der Waals surface area contributed by atoms with Crippen molar-refractivity contribution in [2.45, 2.75) is 26.2 Å². The molecule has 0 aliphatic carbocycles. The molecule has 1 atom stereocenters. The molecule has 1 aromatic carbocycles. The van der Waals surface area contributed by atoms with Crippen LogP contribution < -0.4 is 5.32 Å². The Balaban J connectivity index is 1.81. The van der Waals surface area contributed by atoms with E-state index in [1.807, 2.05) is 17.2 Å². The highest BCUT2D eigenvalue weighted by Gasteiger charge is 2.18. The van der Waals surface area contributed by atoms with Crippen LogP contribution in [0.4, 0.5) is 0 Å². The lowest BCUT2D eigenvalue weighted by molar-refractivity contribution is 0.0735. The Morgan fingerprint density at radius 3 is 2.54 bits per heavy atom. The summed E-state index contributed by atoms with van der Waals surface area (Å²) < 4.78 is 0. The molecule has 4 nitrogen and oxygen atoms in total. The first-order valence-corrected chi connectivity index (χ1v) is 8.74. The molecular weight excluding hydrogens is 298 g/mol. The number of nitrogens with zero attached hydrogens (tertiary/aromatic N) is 2. The number of carbonyl (C=O) groups is 1. The van der Waals surface area contributed by atoms with E-state index in [0.29, 0.717) is 11.5 Å². The van der Waals surface area contributed by atoms with Gasteiger partial charge in [-0.15, -0.1) is 0 Å². The van der Waals surface area contributed by atoms with Crippen molar-refractivity contribution in [3.05, 3.63) is 53.9 Å². The number of aromatic nitrogens is 1. The minimum absolute atomic E-state index is 0.0714. The van der Waals surface area contributed by atoms with Crippen molar-refractivity contribution in [2.24, 2.45) is 0 Å². The minimum Gasteiger partial charge on any atom is -0.336 e. The van der Waals surface area contributed by atoms with Crippen molar-refractivity contribution < 1.29 is 4.79 Å². The molecule has 1 aliphatic heterocycles. The molecule has 0 spiro atoms. The van der Waals surface area contributed by atoms with Gasteiger partial charge >= 0.3 is 0 Å². The molecular formula is C20H25N3O. The van der Waals surface area contributed by atoms with Gasteiger partial charge in [-0.3, -0.25) is 9.78 Å². The zero-order valence-electron chi connectivity index (χ0n) is 14.5. The average molecular weight is 323 g/mol. The molecule has 0 radical (unpaired) electrons. The van der Waals surface area contributed by atoms with Gasteiger partial charge in [0.25, 0.3) is 5.91 Å². The van der Waals surface area contributed by atoms with Gasteiger partial charge in [0.2, 0.25) is 0 Å². The van der Waals surface area contributed by atoms with Crippen molar-refractivity contribution in [1.29, 1.82) is 0 Å². The molecule has 0 saturated carbocycles. The third-order valence-electron chi connectivity index (χ3n) is 4.81. The van der Waals surface area contributed by atoms with E-state index in [1.54, 1.807) is 6.20 Å². The zero-order chi connectivity index (χ0) is 16.9. The maximum atomic E-state index is 12.6. The van der Waals surface area contributed by atoms with Gasteiger partial charge in [-0.25, -0.2) is 0 Å². The van der Waals surface area contributed by atoms with Gasteiger partial charge in [0, 0.05) is 44.1 Å². The van der Waals surface area contributed by atoms with Gasteiger partial charge in [0.05, 0.1) is 5.56 Å². The molecule has 1 aromatic heterocycles. The predicted octanol–water partition coefficient (Wildman–Crippen LogP) is 3.31. The molecule has 126 valence electrons.